The van der Waals surface area contributed by atoms with Crippen LogP contribution < -0.4 is 4.98 Å². The molecule has 0 amide bonds. The van der Waals surface area contributed by atoms with Crippen LogP contribution in [0, 0.1) is 12.1 Å². The quantitative estimate of drug-likeness (QED) is 0.131. The average molecular weight is 892 g/mol. The Balaban J connectivity index is 0.00000497. The van der Waals surface area contributed by atoms with E-state index in [1.165, 1.54) is 27.6 Å². The Morgan fingerprint density at radius 1 is 0.519 bits per heavy atom. The second-order valence-corrected chi connectivity index (χ2v) is 18.8. The third-order valence-electron chi connectivity index (χ3n) is 10.5. The Kier molecular flexibility index (Phi) is 10.3. The molecule has 0 saturated carbocycles. The van der Waals surface area contributed by atoms with E-state index >= 15 is 0 Å². The third kappa shape index (κ3) is 7.91. The average Bonchev–Trinajstić information content (AvgIpc) is 3.48. The van der Waals surface area contributed by atoms with Crippen LogP contribution in [0.3, 0.4) is 0 Å². The van der Waals surface area contributed by atoms with Crippen LogP contribution >= 0.6 is 0 Å². The largest absolute Gasteiger partial charge is 3.00 e. The van der Waals surface area contributed by atoms with E-state index < -0.39 is 0 Å². The fraction of sp³-hybridized carbons (Fsp3) is 0.320. The zero-order chi connectivity index (χ0) is 38.1. The van der Waals surface area contributed by atoms with Gasteiger partial charge in [-0.3, -0.25) is 4.98 Å². The number of hydrogen-bond acceptors (Lipinski definition) is 2. The number of aromatic nitrogens is 3. The van der Waals surface area contributed by atoms with Crippen molar-refractivity contribution in [1.29, 1.82) is 0 Å². The first-order valence-corrected chi connectivity index (χ1v) is 18.9. The molecule has 3 nitrogen and oxygen atoms in total. The van der Waals surface area contributed by atoms with E-state index in [4.69, 9.17) is 15.0 Å². The molecule has 0 N–H and O–H groups in total. The summed E-state index contributed by atoms with van der Waals surface area (Å²) in [7, 11) is 0. The van der Waals surface area contributed by atoms with Gasteiger partial charge in [0.05, 0.1) is 0 Å². The Bertz CT molecular complexity index is 2380. The van der Waals surface area contributed by atoms with Crippen molar-refractivity contribution < 1.29 is 22.4 Å². The van der Waals surface area contributed by atoms with Crippen LogP contribution in [-0.4, -0.2) is 9.97 Å². The van der Waals surface area contributed by atoms with Gasteiger partial charge in [0.1, 0.15) is 0 Å². The zero-order valence-corrected chi connectivity index (χ0v) is 36.0. The summed E-state index contributed by atoms with van der Waals surface area (Å²) >= 11 is 0. The normalized spacial score (nSPS) is 12.7. The molecule has 2 aromatic heterocycles. The SMILES string of the molecule is CC(C)(C)c1c[c-]c(-c2[c-]c(-c3ccnc(-c4cc(C(C)(C)C)cc5c4[n-]c4ccc(C(C)(C)C)cc45)n3)cc(-c3ccc(C(C)(C)C)cc3)c2)cc1.[Au+3]. The first kappa shape index (κ1) is 39.4. The Hall–Kier alpha value is -4.28. The van der Waals surface area contributed by atoms with Gasteiger partial charge >= 0.3 is 22.4 Å². The second kappa shape index (κ2) is 14.1. The fourth-order valence-electron chi connectivity index (χ4n) is 6.88. The molecule has 0 aliphatic heterocycles. The number of rotatable bonds is 4. The summed E-state index contributed by atoms with van der Waals surface area (Å²) in [5.41, 5.74) is 14.0. The molecule has 4 heteroatoms. The van der Waals surface area contributed by atoms with Gasteiger partial charge in [-0.1, -0.05) is 143 Å². The van der Waals surface area contributed by atoms with E-state index in [-0.39, 0.29) is 44.0 Å². The van der Waals surface area contributed by atoms with Crippen molar-refractivity contribution in [3.8, 4) is 44.9 Å². The van der Waals surface area contributed by atoms with Crippen LogP contribution in [-0.2, 0) is 44.0 Å². The van der Waals surface area contributed by atoms with Crippen LogP contribution in [0.5, 0.6) is 0 Å². The van der Waals surface area contributed by atoms with Gasteiger partial charge in [-0.2, -0.15) is 35.9 Å². The molecular weight excluding hydrogens is 840 g/mol. The van der Waals surface area contributed by atoms with Crippen molar-refractivity contribution in [1.82, 2.24) is 15.0 Å². The molecule has 7 rings (SSSR count). The van der Waals surface area contributed by atoms with Crippen LogP contribution in [0.2, 0.25) is 0 Å². The molecule has 0 radical (unpaired) electrons. The van der Waals surface area contributed by atoms with Gasteiger partial charge < -0.3 is 4.98 Å². The summed E-state index contributed by atoms with van der Waals surface area (Å²) < 4.78 is 0. The summed E-state index contributed by atoms with van der Waals surface area (Å²) in [6.45, 7) is 27.0. The van der Waals surface area contributed by atoms with Crippen molar-refractivity contribution in [3.63, 3.8) is 0 Å². The van der Waals surface area contributed by atoms with Crippen LogP contribution in [0.15, 0.2) is 97.2 Å². The maximum Gasteiger partial charge on any atom is 3.00 e. The summed E-state index contributed by atoms with van der Waals surface area (Å²) in [5, 5.41) is 2.32. The number of benzene rings is 5. The predicted octanol–water partition coefficient (Wildman–Crippen LogP) is 13.2. The van der Waals surface area contributed by atoms with Gasteiger partial charge in [-0.15, -0.1) is 34.3 Å². The molecule has 0 fully saturated rings. The molecule has 0 unspecified atom stereocenters. The molecule has 2 heterocycles. The van der Waals surface area contributed by atoms with Gasteiger partial charge in [0, 0.05) is 17.5 Å². The predicted molar refractivity (Wildman–Crippen MR) is 225 cm³/mol. The van der Waals surface area contributed by atoms with E-state index in [1.807, 2.05) is 12.3 Å². The van der Waals surface area contributed by atoms with Crippen LogP contribution in [0.1, 0.15) is 105 Å². The van der Waals surface area contributed by atoms with Crippen molar-refractivity contribution in [2.24, 2.45) is 0 Å². The monoisotopic (exact) mass is 891 g/mol. The molecule has 0 saturated heterocycles. The maximum atomic E-state index is 5.28. The van der Waals surface area contributed by atoms with E-state index in [1.54, 1.807) is 0 Å². The minimum atomic E-state index is -0.0790. The van der Waals surface area contributed by atoms with Crippen LogP contribution in [0.25, 0.3) is 66.7 Å². The van der Waals surface area contributed by atoms with Gasteiger partial charge in [-0.25, -0.2) is 10.5 Å². The summed E-state index contributed by atoms with van der Waals surface area (Å²) in [4.78, 5) is 15.4. The van der Waals surface area contributed by atoms with Crippen molar-refractivity contribution in [2.75, 3.05) is 0 Å². The molecule has 0 bridgehead atoms. The van der Waals surface area contributed by atoms with Crippen molar-refractivity contribution >= 4 is 21.8 Å². The smallest absolute Gasteiger partial charge is 0.656 e. The molecule has 278 valence electrons. The van der Waals surface area contributed by atoms with Gasteiger partial charge in [0.2, 0.25) is 0 Å². The Morgan fingerprint density at radius 2 is 1.11 bits per heavy atom. The zero-order valence-electron chi connectivity index (χ0n) is 33.9. The van der Waals surface area contributed by atoms with Crippen molar-refractivity contribution in [3.05, 3.63) is 132 Å². The van der Waals surface area contributed by atoms with Gasteiger partial charge in [0.25, 0.3) is 0 Å². The van der Waals surface area contributed by atoms with Gasteiger partial charge in [-0.05, 0) is 60.8 Å². The third-order valence-corrected chi connectivity index (χ3v) is 10.5. The molecule has 0 aliphatic rings. The van der Waals surface area contributed by atoms with E-state index in [0.29, 0.717) is 5.82 Å². The molecule has 5 aromatic carbocycles. The van der Waals surface area contributed by atoms with Gasteiger partial charge in [0.15, 0.2) is 5.82 Å². The first-order chi connectivity index (χ1) is 24.8. The molecule has 0 atom stereocenters. The second-order valence-electron chi connectivity index (χ2n) is 18.8. The fourth-order valence-corrected chi connectivity index (χ4v) is 6.88. The first-order valence-electron chi connectivity index (χ1n) is 18.9. The standard InChI is InChI=1S/C50H52N3.Au/c1-47(2,3)36-17-13-31(14-18-36)33-25-34(32-15-19-37(20-16-32)48(4,5)6)27-35(26-33)43-23-24-51-46(53-43)42-30-39(50(10,11)12)29-41-40-28-38(49(7,8)9)21-22-44(40)52-45(41)42;/h13-15,17-26,28-30H,1-12H3;/q-3;+3. The number of fused-ring (bicyclic) bond motifs is 3. The summed E-state index contributed by atoms with van der Waals surface area (Å²) in [5.74, 6) is 0.661. The summed E-state index contributed by atoms with van der Waals surface area (Å²) in [6, 6.07) is 40.4. The number of hydrogen-bond donors (Lipinski definition) is 0. The molecule has 54 heavy (non-hydrogen) atoms. The Labute approximate surface area is 338 Å². The van der Waals surface area contributed by atoms with Crippen molar-refractivity contribution in [2.45, 2.75) is 105 Å². The molecular formula is C50H52AuN3. The van der Waals surface area contributed by atoms with E-state index in [9.17, 15) is 0 Å². The van der Waals surface area contributed by atoms with Crippen LogP contribution in [0.4, 0.5) is 0 Å². The minimum absolute atomic E-state index is 0. The minimum Gasteiger partial charge on any atom is -0.656 e. The molecule has 0 spiro atoms. The molecule has 0 aliphatic carbocycles. The maximum absolute atomic E-state index is 5.28. The molecule has 7 aromatic rings. The van der Waals surface area contributed by atoms with E-state index in [2.05, 4.69) is 180 Å². The topological polar surface area (TPSA) is 39.9 Å². The van der Waals surface area contributed by atoms with E-state index in [0.717, 1.165) is 55.5 Å². The number of nitrogens with zero attached hydrogens (tertiary/aromatic N) is 3. The Morgan fingerprint density at radius 3 is 1.72 bits per heavy atom. The summed E-state index contributed by atoms with van der Waals surface area (Å²) in [6.07, 6.45) is 1.87.